The van der Waals surface area contributed by atoms with Gasteiger partial charge in [-0.15, -0.1) is 11.3 Å². The number of carbonyl (C=O) groups is 1. The number of rotatable bonds is 7. The fourth-order valence-electron chi connectivity index (χ4n) is 2.71. The third kappa shape index (κ3) is 5.54. The van der Waals surface area contributed by atoms with Crippen LogP contribution in [0.3, 0.4) is 0 Å². The molecule has 3 rings (SSSR count). The highest BCUT2D eigenvalue weighted by Crippen LogP contribution is 2.32. The van der Waals surface area contributed by atoms with E-state index in [4.69, 9.17) is 0 Å². The normalized spacial score (nSPS) is 12.7. The minimum absolute atomic E-state index is 0.140. The minimum Gasteiger partial charge on any atom is -0.325 e. The number of thiazole rings is 1. The van der Waals surface area contributed by atoms with Crippen LogP contribution in [0.2, 0.25) is 0 Å². The number of anilines is 1. The van der Waals surface area contributed by atoms with Crippen LogP contribution in [0.15, 0.2) is 57.1 Å². The van der Waals surface area contributed by atoms with Crippen LogP contribution in [0.1, 0.15) is 18.1 Å². The van der Waals surface area contributed by atoms with Gasteiger partial charge in [0.05, 0.1) is 15.8 Å². The monoisotopic (exact) mass is 475 g/mol. The zero-order valence-corrected chi connectivity index (χ0v) is 20.5. The first-order valence-electron chi connectivity index (χ1n) is 9.61. The summed E-state index contributed by atoms with van der Waals surface area (Å²) in [7, 11) is -0.624. The van der Waals surface area contributed by atoms with E-state index in [0.29, 0.717) is 5.69 Å². The topological polar surface area (TPSA) is 79.4 Å². The van der Waals surface area contributed by atoms with Crippen LogP contribution in [-0.2, 0) is 14.8 Å². The maximum absolute atomic E-state index is 12.8. The molecular weight excluding hydrogens is 450 g/mol. The smallest absolute Gasteiger partial charge is 0.242 e. The van der Waals surface area contributed by atoms with Crippen LogP contribution in [0, 0.1) is 13.8 Å². The highest BCUT2D eigenvalue weighted by molar-refractivity contribution is 8.02. The van der Waals surface area contributed by atoms with Crippen LogP contribution < -0.4 is 5.32 Å². The molecule has 0 saturated carbocycles. The van der Waals surface area contributed by atoms with E-state index < -0.39 is 15.3 Å². The van der Waals surface area contributed by atoms with E-state index >= 15 is 0 Å². The van der Waals surface area contributed by atoms with Crippen molar-refractivity contribution in [3.05, 3.63) is 59.0 Å². The van der Waals surface area contributed by atoms with E-state index in [0.717, 1.165) is 25.5 Å². The molecule has 0 fully saturated rings. The highest BCUT2D eigenvalue weighted by atomic mass is 32.2. The largest absolute Gasteiger partial charge is 0.325 e. The molecule has 2 aromatic carbocycles. The van der Waals surface area contributed by atoms with Gasteiger partial charge in [-0.05, 0) is 38.5 Å². The second-order valence-corrected chi connectivity index (χ2v) is 12.0. The van der Waals surface area contributed by atoms with E-state index in [1.54, 1.807) is 12.1 Å². The molecule has 1 aromatic heterocycles. The standard InChI is InChI=1S/C22H25N3O3S3/c1-14-6-9-17(10-7-14)20-13-29-22(24-20)30-16(3)21(26)23-19-12-18(11-8-15(19)2)31(27,28)25(4)5/h6-13,16H,1-5H3,(H,23,26). The summed E-state index contributed by atoms with van der Waals surface area (Å²) in [6.45, 7) is 5.68. The summed E-state index contributed by atoms with van der Waals surface area (Å²) in [5, 5.41) is 4.45. The first-order chi connectivity index (χ1) is 14.6. The summed E-state index contributed by atoms with van der Waals surface area (Å²) in [4.78, 5) is 17.5. The van der Waals surface area contributed by atoms with Crippen LogP contribution in [-0.4, -0.2) is 43.0 Å². The Morgan fingerprint density at radius 1 is 1.13 bits per heavy atom. The number of aromatic nitrogens is 1. The van der Waals surface area contributed by atoms with Gasteiger partial charge in [0.25, 0.3) is 0 Å². The lowest BCUT2D eigenvalue weighted by Crippen LogP contribution is -2.24. The fraction of sp³-hybridized carbons (Fsp3) is 0.273. The molecule has 1 amide bonds. The Bertz CT molecular complexity index is 1190. The minimum atomic E-state index is -3.58. The van der Waals surface area contributed by atoms with Gasteiger partial charge in [0.1, 0.15) is 0 Å². The van der Waals surface area contributed by atoms with Crippen LogP contribution >= 0.6 is 23.1 Å². The summed E-state index contributed by atoms with van der Waals surface area (Å²) in [6, 6.07) is 12.9. The lowest BCUT2D eigenvalue weighted by atomic mass is 10.1. The summed E-state index contributed by atoms with van der Waals surface area (Å²) >= 11 is 2.88. The number of amides is 1. The molecule has 0 radical (unpaired) electrons. The van der Waals surface area contributed by atoms with Crippen LogP contribution in [0.5, 0.6) is 0 Å². The first kappa shape index (κ1) is 23.5. The van der Waals surface area contributed by atoms with Crippen molar-refractivity contribution in [3.63, 3.8) is 0 Å². The number of aryl methyl sites for hydroxylation is 2. The molecule has 1 heterocycles. The molecule has 6 nitrogen and oxygen atoms in total. The van der Waals surface area contributed by atoms with Crippen molar-refractivity contribution in [2.75, 3.05) is 19.4 Å². The van der Waals surface area contributed by atoms with Gasteiger partial charge in [0, 0.05) is 30.7 Å². The number of thioether (sulfide) groups is 1. The van der Waals surface area contributed by atoms with Crippen molar-refractivity contribution in [1.82, 2.24) is 9.29 Å². The molecule has 0 aliphatic rings. The molecule has 0 saturated heterocycles. The van der Waals surface area contributed by atoms with Gasteiger partial charge in [-0.1, -0.05) is 47.7 Å². The van der Waals surface area contributed by atoms with Gasteiger partial charge < -0.3 is 5.32 Å². The number of hydrogen-bond acceptors (Lipinski definition) is 6. The van der Waals surface area contributed by atoms with Crippen molar-refractivity contribution in [3.8, 4) is 11.3 Å². The van der Waals surface area contributed by atoms with Crippen molar-refractivity contribution in [2.24, 2.45) is 0 Å². The second kappa shape index (κ2) is 9.52. The van der Waals surface area contributed by atoms with Crippen molar-refractivity contribution >= 4 is 44.7 Å². The lowest BCUT2D eigenvalue weighted by molar-refractivity contribution is -0.115. The number of benzene rings is 2. The summed E-state index contributed by atoms with van der Waals surface area (Å²) in [5.41, 5.74) is 4.40. The highest BCUT2D eigenvalue weighted by Gasteiger charge is 2.21. The number of sulfonamides is 1. The molecule has 1 atom stereocenters. The quantitative estimate of drug-likeness (QED) is 0.497. The average Bonchev–Trinajstić information content (AvgIpc) is 3.18. The van der Waals surface area contributed by atoms with Gasteiger partial charge in [0.2, 0.25) is 15.9 Å². The predicted octanol–water partition coefficient (Wildman–Crippen LogP) is 4.80. The molecule has 164 valence electrons. The molecule has 0 spiro atoms. The number of hydrogen-bond donors (Lipinski definition) is 1. The fourth-order valence-corrected chi connectivity index (χ4v) is 5.61. The molecule has 31 heavy (non-hydrogen) atoms. The SMILES string of the molecule is Cc1ccc(-c2csc(SC(C)C(=O)Nc3cc(S(=O)(=O)N(C)C)ccc3C)n2)cc1. The summed E-state index contributed by atoms with van der Waals surface area (Å²) in [5.74, 6) is -0.209. The van der Waals surface area contributed by atoms with Crippen molar-refractivity contribution in [1.29, 1.82) is 0 Å². The average molecular weight is 476 g/mol. The van der Waals surface area contributed by atoms with Gasteiger partial charge in [0.15, 0.2) is 4.34 Å². The molecule has 3 aromatic rings. The predicted molar refractivity (Wildman–Crippen MR) is 128 cm³/mol. The van der Waals surface area contributed by atoms with Gasteiger partial charge in [-0.3, -0.25) is 4.79 Å². The van der Waals surface area contributed by atoms with E-state index in [1.807, 2.05) is 50.4 Å². The number of carbonyl (C=O) groups excluding carboxylic acids is 1. The summed E-state index contributed by atoms with van der Waals surface area (Å²) in [6.07, 6.45) is 0. The molecule has 9 heteroatoms. The van der Waals surface area contributed by atoms with E-state index in [2.05, 4.69) is 10.3 Å². The molecule has 1 N–H and O–H groups in total. The Morgan fingerprint density at radius 2 is 1.81 bits per heavy atom. The van der Waals surface area contributed by atoms with Gasteiger partial charge in [-0.25, -0.2) is 17.7 Å². The molecular formula is C22H25N3O3S3. The van der Waals surface area contributed by atoms with E-state index in [1.165, 1.54) is 48.8 Å². The molecule has 0 aliphatic heterocycles. The van der Waals surface area contributed by atoms with Crippen LogP contribution in [0.25, 0.3) is 11.3 Å². The molecule has 0 bridgehead atoms. The van der Waals surface area contributed by atoms with E-state index in [-0.39, 0.29) is 10.8 Å². The Kier molecular flexibility index (Phi) is 7.20. The Balaban J connectivity index is 1.71. The van der Waals surface area contributed by atoms with Crippen LogP contribution in [0.4, 0.5) is 5.69 Å². The van der Waals surface area contributed by atoms with Gasteiger partial charge in [-0.2, -0.15) is 0 Å². The van der Waals surface area contributed by atoms with Gasteiger partial charge >= 0.3 is 0 Å². The Hall–Kier alpha value is -2.20. The van der Waals surface area contributed by atoms with Crippen molar-refractivity contribution < 1.29 is 13.2 Å². The molecule has 1 unspecified atom stereocenters. The van der Waals surface area contributed by atoms with E-state index in [9.17, 15) is 13.2 Å². The zero-order valence-electron chi connectivity index (χ0n) is 18.0. The first-order valence-corrected chi connectivity index (χ1v) is 12.8. The number of nitrogens with one attached hydrogen (secondary N) is 1. The lowest BCUT2D eigenvalue weighted by Gasteiger charge is -2.16. The number of nitrogens with zero attached hydrogens (tertiary/aromatic N) is 2. The maximum atomic E-state index is 12.8. The summed E-state index contributed by atoms with van der Waals surface area (Å²) < 4.78 is 26.7. The third-order valence-electron chi connectivity index (χ3n) is 4.72. The Morgan fingerprint density at radius 3 is 2.45 bits per heavy atom. The third-order valence-corrected chi connectivity index (χ3v) is 8.61. The molecule has 0 aliphatic carbocycles. The van der Waals surface area contributed by atoms with Crippen molar-refractivity contribution in [2.45, 2.75) is 35.3 Å². The maximum Gasteiger partial charge on any atom is 0.242 e. The zero-order chi connectivity index (χ0) is 22.8. The second-order valence-electron chi connectivity index (χ2n) is 7.38. The Labute approximate surface area is 191 Å².